The topological polar surface area (TPSA) is 63.4 Å². The van der Waals surface area contributed by atoms with Crippen molar-refractivity contribution in [1.29, 1.82) is 0 Å². The molecule has 1 unspecified atom stereocenters. The van der Waals surface area contributed by atoms with E-state index in [0.29, 0.717) is 31.6 Å². The van der Waals surface area contributed by atoms with Crippen molar-refractivity contribution < 1.29 is 35.9 Å². The molecule has 1 aromatic carbocycles. The predicted octanol–water partition coefficient (Wildman–Crippen LogP) is 4.20. The van der Waals surface area contributed by atoms with Gasteiger partial charge in [-0.2, -0.15) is 26.3 Å². The maximum atomic E-state index is 12.9. The minimum Gasteiger partial charge on any atom is -0.342 e. The van der Waals surface area contributed by atoms with Crippen LogP contribution in [0.5, 0.6) is 0 Å². The predicted molar refractivity (Wildman–Crippen MR) is 97.3 cm³/mol. The van der Waals surface area contributed by atoms with Crippen LogP contribution in [0.2, 0.25) is 0 Å². The monoisotopic (exact) mass is 438 g/mol. The molecule has 1 aliphatic heterocycles. The average molecular weight is 438 g/mol. The van der Waals surface area contributed by atoms with Crippen LogP contribution in [-0.2, 0) is 28.4 Å². The van der Waals surface area contributed by atoms with E-state index in [1.807, 2.05) is 0 Å². The van der Waals surface area contributed by atoms with Crippen LogP contribution in [0.25, 0.3) is 0 Å². The van der Waals surface area contributed by atoms with Gasteiger partial charge in [-0.05, 0) is 49.9 Å². The molecule has 0 aliphatic carbocycles. The number of hydrogen-bond donors (Lipinski definition) is 1. The second-order valence-corrected chi connectivity index (χ2v) is 8.49. The number of benzene rings is 1. The summed E-state index contributed by atoms with van der Waals surface area (Å²) in [4.78, 5) is 26.1. The number of amides is 1. The van der Waals surface area contributed by atoms with Crippen LogP contribution >= 0.6 is 0 Å². The summed E-state index contributed by atoms with van der Waals surface area (Å²) in [6.45, 7) is 4.18. The third-order valence-electron chi connectivity index (χ3n) is 4.81. The van der Waals surface area contributed by atoms with E-state index in [0.717, 1.165) is 0 Å². The molecule has 0 radical (unpaired) electrons. The van der Waals surface area contributed by atoms with Crippen molar-refractivity contribution in [2.75, 3.05) is 13.1 Å². The molecule has 1 fully saturated rings. The summed E-state index contributed by atoms with van der Waals surface area (Å²) >= 11 is 0. The molecular weight excluding hydrogens is 414 g/mol. The smallest absolute Gasteiger partial charge is 0.342 e. The molecule has 0 bridgehead atoms. The second kappa shape index (κ2) is 8.56. The van der Waals surface area contributed by atoms with Gasteiger partial charge in [0.15, 0.2) is 0 Å². The molecule has 2 rings (SSSR count). The second-order valence-electron chi connectivity index (χ2n) is 8.49. The fourth-order valence-electron chi connectivity index (χ4n) is 3.47. The quantitative estimate of drug-likeness (QED) is 0.677. The molecule has 0 saturated carbocycles. The van der Waals surface area contributed by atoms with Gasteiger partial charge in [-0.3, -0.25) is 9.59 Å². The molecule has 30 heavy (non-hydrogen) atoms. The van der Waals surface area contributed by atoms with Crippen LogP contribution in [-0.4, -0.2) is 35.2 Å². The molecule has 1 amide bonds. The van der Waals surface area contributed by atoms with E-state index in [-0.39, 0.29) is 36.3 Å². The van der Waals surface area contributed by atoms with Crippen LogP contribution in [0.3, 0.4) is 0 Å². The first-order chi connectivity index (χ1) is 13.5. The van der Waals surface area contributed by atoms with E-state index in [1.165, 1.54) is 0 Å². The van der Waals surface area contributed by atoms with Crippen molar-refractivity contribution in [1.82, 2.24) is 4.90 Å². The zero-order valence-electron chi connectivity index (χ0n) is 16.7. The highest BCUT2D eigenvalue weighted by Gasteiger charge is 2.37. The number of ketones is 1. The molecule has 1 heterocycles. The van der Waals surface area contributed by atoms with Crippen LogP contribution in [0.15, 0.2) is 18.2 Å². The number of nitrogens with zero attached hydrogens (tertiary/aromatic N) is 1. The Bertz CT molecular complexity index is 764. The van der Waals surface area contributed by atoms with Crippen LogP contribution in [0.4, 0.5) is 26.3 Å². The molecule has 0 aromatic heterocycles. The zero-order valence-corrected chi connectivity index (χ0v) is 16.7. The molecule has 1 aromatic rings. The number of halogens is 6. The van der Waals surface area contributed by atoms with Crippen LogP contribution in [0, 0.1) is 5.92 Å². The van der Waals surface area contributed by atoms with Gasteiger partial charge < -0.3 is 10.6 Å². The van der Waals surface area contributed by atoms with Crippen molar-refractivity contribution in [3.05, 3.63) is 34.9 Å². The summed E-state index contributed by atoms with van der Waals surface area (Å²) < 4.78 is 77.6. The number of Topliss-reactive ketones (excluding diaryl/α,β-unsaturated/α-hetero) is 1. The molecule has 168 valence electrons. The lowest BCUT2D eigenvalue weighted by Crippen LogP contribution is -2.40. The van der Waals surface area contributed by atoms with Crippen molar-refractivity contribution in [3.63, 3.8) is 0 Å². The van der Waals surface area contributed by atoms with Crippen molar-refractivity contribution in [2.45, 2.75) is 57.4 Å². The molecule has 1 saturated heterocycles. The third-order valence-corrected chi connectivity index (χ3v) is 4.81. The Balaban J connectivity index is 2.04. The lowest BCUT2D eigenvalue weighted by atomic mass is 9.95. The fraction of sp³-hybridized carbons (Fsp3) is 0.600. The largest absolute Gasteiger partial charge is 0.416 e. The van der Waals surface area contributed by atoms with Crippen molar-refractivity contribution in [2.24, 2.45) is 11.7 Å². The highest BCUT2D eigenvalue weighted by molar-refractivity contribution is 5.82. The van der Waals surface area contributed by atoms with Crippen molar-refractivity contribution in [3.8, 4) is 0 Å². The summed E-state index contributed by atoms with van der Waals surface area (Å²) in [6.07, 6.45) is -9.79. The Kier molecular flexibility index (Phi) is 6.90. The molecule has 1 atom stereocenters. The summed E-state index contributed by atoms with van der Waals surface area (Å²) in [5, 5.41) is 0. The Morgan fingerprint density at radius 2 is 1.57 bits per heavy atom. The summed E-state index contributed by atoms with van der Waals surface area (Å²) in [5.41, 5.74) is 1.93. The van der Waals surface area contributed by atoms with E-state index in [1.54, 1.807) is 18.7 Å². The van der Waals surface area contributed by atoms with Gasteiger partial charge in [0.1, 0.15) is 5.78 Å². The van der Waals surface area contributed by atoms with Crippen LogP contribution in [0.1, 0.15) is 49.8 Å². The SMILES string of the molecule is CC(C)(N)CC(=O)N1CCC(CC(=O)Cc2cc(C(F)(F)F)cc(C(F)(F)F)c2)C1. The van der Waals surface area contributed by atoms with E-state index in [2.05, 4.69) is 0 Å². The standard InChI is InChI=1S/C20H24F6N2O2/c1-18(2,27)10-17(30)28-4-3-12(11-28)7-16(29)8-13-5-14(19(21,22)23)9-15(6-13)20(24,25)26/h5-6,9,12H,3-4,7-8,10-11,27H2,1-2H3. The van der Waals surface area contributed by atoms with E-state index >= 15 is 0 Å². The minimum absolute atomic E-state index is 0.0204. The minimum atomic E-state index is -4.96. The third kappa shape index (κ3) is 7.00. The average Bonchev–Trinajstić information content (AvgIpc) is 2.99. The summed E-state index contributed by atoms with van der Waals surface area (Å²) in [6, 6.07) is 1.18. The molecule has 4 nitrogen and oxygen atoms in total. The van der Waals surface area contributed by atoms with Gasteiger partial charge in [0.05, 0.1) is 11.1 Å². The number of nitrogens with two attached hydrogens (primary N) is 1. The van der Waals surface area contributed by atoms with Gasteiger partial charge in [-0.1, -0.05) is 0 Å². The normalized spacial score (nSPS) is 18.0. The molecule has 2 N–H and O–H groups in total. The van der Waals surface area contributed by atoms with E-state index in [9.17, 15) is 35.9 Å². The number of alkyl halides is 6. The Hall–Kier alpha value is -2.10. The molecule has 10 heteroatoms. The molecular formula is C20H24F6N2O2. The number of rotatable bonds is 6. The van der Waals surface area contributed by atoms with Gasteiger partial charge in [0.2, 0.25) is 5.91 Å². The van der Waals surface area contributed by atoms with Gasteiger partial charge in [0.25, 0.3) is 0 Å². The first-order valence-electron chi connectivity index (χ1n) is 9.41. The number of carbonyl (C=O) groups is 2. The Morgan fingerprint density at radius 1 is 1.03 bits per heavy atom. The van der Waals surface area contributed by atoms with Gasteiger partial charge in [-0.25, -0.2) is 0 Å². The van der Waals surface area contributed by atoms with E-state index in [4.69, 9.17) is 5.73 Å². The fourth-order valence-corrected chi connectivity index (χ4v) is 3.47. The maximum Gasteiger partial charge on any atom is 0.416 e. The first kappa shape index (κ1) is 24.2. The molecule has 1 aliphatic rings. The van der Waals surface area contributed by atoms with Gasteiger partial charge in [0, 0.05) is 37.9 Å². The number of hydrogen-bond acceptors (Lipinski definition) is 3. The maximum absolute atomic E-state index is 12.9. The highest BCUT2D eigenvalue weighted by Crippen LogP contribution is 2.36. The van der Waals surface area contributed by atoms with Gasteiger partial charge in [-0.15, -0.1) is 0 Å². The van der Waals surface area contributed by atoms with Gasteiger partial charge >= 0.3 is 12.4 Å². The van der Waals surface area contributed by atoms with E-state index < -0.39 is 41.2 Å². The summed E-state index contributed by atoms with van der Waals surface area (Å²) in [5.74, 6) is -0.804. The van der Waals surface area contributed by atoms with Crippen LogP contribution < -0.4 is 5.73 Å². The number of carbonyl (C=O) groups excluding carboxylic acids is 2. The molecule has 0 spiro atoms. The Morgan fingerprint density at radius 3 is 2.03 bits per heavy atom. The first-order valence-corrected chi connectivity index (χ1v) is 9.41. The number of likely N-dealkylation sites (tertiary alicyclic amines) is 1. The van der Waals surface area contributed by atoms with Crippen molar-refractivity contribution >= 4 is 11.7 Å². The lowest BCUT2D eigenvalue weighted by Gasteiger charge is -2.23. The Labute approximate surface area is 170 Å². The zero-order chi connectivity index (χ0) is 22.9. The lowest BCUT2D eigenvalue weighted by molar-refractivity contribution is -0.143. The summed E-state index contributed by atoms with van der Waals surface area (Å²) in [7, 11) is 0. The highest BCUT2D eigenvalue weighted by atomic mass is 19.4.